The first-order valence-electron chi connectivity index (χ1n) is 6.53. The van der Waals surface area contributed by atoms with Gasteiger partial charge in [0.25, 0.3) is 5.91 Å². The minimum Gasteiger partial charge on any atom is -0.338 e. The van der Waals surface area contributed by atoms with Crippen molar-refractivity contribution in [2.45, 2.75) is 18.7 Å². The number of carbonyl (C=O) groups excluding carboxylic acids is 1. The predicted molar refractivity (Wildman–Crippen MR) is 81.9 cm³/mol. The molecule has 4 nitrogen and oxygen atoms in total. The van der Waals surface area contributed by atoms with Crippen molar-refractivity contribution in [3.05, 3.63) is 65.2 Å². The van der Waals surface area contributed by atoms with Gasteiger partial charge in [0.05, 0.1) is 4.90 Å². The SMILES string of the molecule is Cc1ccc(S(=O)(=O)CNC(=O)c2ccccc2C)cc1. The Morgan fingerprint density at radius 1 is 1.00 bits per heavy atom. The van der Waals surface area contributed by atoms with E-state index in [-0.39, 0.29) is 10.8 Å². The molecule has 1 amide bonds. The molecule has 2 rings (SSSR count). The van der Waals surface area contributed by atoms with E-state index < -0.39 is 15.7 Å². The van der Waals surface area contributed by atoms with E-state index >= 15 is 0 Å². The highest BCUT2D eigenvalue weighted by atomic mass is 32.2. The average molecular weight is 303 g/mol. The number of hydrogen-bond donors (Lipinski definition) is 1. The second-order valence-corrected chi connectivity index (χ2v) is 6.88. The van der Waals surface area contributed by atoms with Crippen molar-refractivity contribution in [1.29, 1.82) is 0 Å². The zero-order valence-corrected chi connectivity index (χ0v) is 12.8. The fraction of sp³-hybridized carbons (Fsp3) is 0.188. The van der Waals surface area contributed by atoms with Gasteiger partial charge in [-0.2, -0.15) is 0 Å². The maximum atomic E-state index is 12.1. The second kappa shape index (κ2) is 6.10. The van der Waals surface area contributed by atoms with Gasteiger partial charge >= 0.3 is 0 Å². The van der Waals surface area contributed by atoms with Crippen LogP contribution in [0.25, 0.3) is 0 Å². The van der Waals surface area contributed by atoms with Crippen molar-refractivity contribution in [1.82, 2.24) is 5.32 Å². The molecule has 0 heterocycles. The molecule has 0 aliphatic rings. The Morgan fingerprint density at radius 2 is 1.62 bits per heavy atom. The average Bonchev–Trinajstić information content (AvgIpc) is 2.46. The molecule has 2 aromatic rings. The quantitative estimate of drug-likeness (QED) is 0.943. The van der Waals surface area contributed by atoms with Crippen molar-refractivity contribution in [2.24, 2.45) is 0 Å². The van der Waals surface area contributed by atoms with Gasteiger partial charge in [0.1, 0.15) is 5.88 Å². The maximum Gasteiger partial charge on any atom is 0.252 e. The number of benzene rings is 2. The Balaban J connectivity index is 2.10. The van der Waals surface area contributed by atoms with Gasteiger partial charge in [-0.1, -0.05) is 35.9 Å². The molecule has 0 aliphatic heterocycles. The molecule has 1 N–H and O–H groups in total. The molecule has 0 spiro atoms. The highest BCUT2D eigenvalue weighted by Crippen LogP contribution is 2.12. The second-order valence-electron chi connectivity index (χ2n) is 4.89. The third kappa shape index (κ3) is 3.70. The van der Waals surface area contributed by atoms with Gasteiger partial charge in [0.2, 0.25) is 0 Å². The Kier molecular flexibility index (Phi) is 4.43. The van der Waals surface area contributed by atoms with Crippen LogP contribution in [0.2, 0.25) is 0 Å². The molecule has 0 saturated carbocycles. The highest BCUT2D eigenvalue weighted by Gasteiger charge is 2.16. The molecular weight excluding hydrogens is 286 g/mol. The van der Waals surface area contributed by atoms with Crippen LogP contribution in [0.3, 0.4) is 0 Å². The van der Waals surface area contributed by atoms with Gasteiger partial charge in [-0.15, -0.1) is 0 Å². The molecule has 0 radical (unpaired) electrons. The summed E-state index contributed by atoms with van der Waals surface area (Å²) in [6.07, 6.45) is 0. The Labute approximate surface area is 124 Å². The van der Waals surface area contributed by atoms with Crippen molar-refractivity contribution >= 4 is 15.7 Å². The fourth-order valence-corrected chi connectivity index (χ4v) is 2.95. The third-order valence-corrected chi connectivity index (χ3v) is 4.71. The van der Waals surface area contributed by atoms with E-state index in [0.717, 1.165) is 11.1 Å². The lowest BCUT2D eigenvalue weighted by atomic mass is 10.1. The number of carbonyl (C=O) groups is 1. The summed E-state index contributed by atoms with van der Waals surface area (Å²) in [7, 11) is -3.52. The number of hydrogen-bond acceptors (Lipinski definition) is 3. The fourth-order valence-electron chi connectivity index (χ4n) is 1.91. The Morgan fingerprint density at radius 3 is 2.24 bits per heavy atom. The van der Waals surface area contributed by atoms with Crippen LogP contribution >= 0.6 is 0 Å². The first-order chi connectivity index (χ1) is 9.90. The number of aryl methyl sites for hydroxylation is 2. The molecule has 110 valence electrons. The van der Waals surface area contributed by atoms with Gasteiger partial charge in [-0.25, -0.2) is 8.42 Å². The van der Waals surface area contributed by atoms with Crippen molar-refractivity contribution in [3.8, 4) is 0 Å². The number of nitrogens with one attached hydrogen (secondary N) is 1. The minimum atomic E-state index is -3.52. The monoisotopic (exact) mass is 303 g/mol. The molecule has 0 atom stereocenters. The standard InChI is InChI=1S/C16H17NO3S/c1-12-7-9-14(10-8-12)21(19,20)11-17-16(18)15-6-4-3-5-13(15)2/h3-10H,11H2,1-2H3,(H,17,18). The van der Waals surface area contributed by atoms with E-state index in [9.17, 15) is 13.2 Å². The zero-order valence-electron chi connectivity index (χ0n) is 12.0. The third-order valence-electron chi connectivity index (χ3n) is 3.19. The van der Waals surface area contributed by atoms with Crippen LogP contribution < -0.4 is 5.32 Å². The summed E-state index contributed by atoms with van der Waals surface area (Å²) >= 11 is 0. The van der Waals surface area contributed by atoms with E-state index in [4.69, 9.17) is 0 Å². The number of amides is 1. The number of rotatable bonds is 4. The summed E-state index contributed by atoms with van der Waals surface area (Å²) in [4.78, 5) is 12.2. The van der Waals surface area contributed by atoms with Gasteiger partial charge in [0.15, 0.2) is 9.84 Å². The van der Waals surface area contributed by atoms with E-state index in [0.29, 0.717) is 5.56 Å². The summed E-state index contributed by atoms with van der Waals surface area (Å²) in [6.45, 7) is 3.69. The maximum absolute atomic E-state index is 12.1. The number of sulfone groups is 1. The summed E-state index contributed by atoms with van der Waals surface area (Å²) in [5.41, 5.74) is 2.28. The molecular formula is C16H17NO3S. The molecule has 0 fully saturated rings. The van der Waals surface area contributed by atoms with Gasteiger partial charge in [-0.3, -0.25) is 4.79 Å². The lowest BCUT2D eigenvalue weighted by Gasteiger charge is -2.08. The van der Waals surface area contributed by atoms with Crippen molar-refractivity contribution in [2.75, 3.05) is 5.88 Å². The Bertz CT molecular complexity index is 749. The molecule has 0 bridgehead atoms. The first-order valence-corrected chi connectivity index (χ1v) is 8.18. The zero-order chi connectivity index (χ0) is 15.5. The Hall–Kier alpha value is -2.14. The van der Waals surface area contributed by atoms with Crippen LogP contribution in [-0.4, -0.2) is 20.2 Å². The lowest BCUT2D eigenvalue weighted by molar-refractivity contribution is 0.0959. The van der Waals surface area contributed by atoms with Gasteiger partial charge < -0.3 is 5.32 Å². The van der Waals surface area contributed by atoms with E-state index in [1.165, 1.54) is 0 Å². The van der Waals surface area contributed by atoms with Gasteiger partial charge in [0, 0.05) is 5.56 Å². The van der Waals surface area contributed by atoms with Crippen molar-refractivity contribution in [3.63, 3.8) is 0 Å². The van der Waals surface area contributed by atoms with E-state index in [1.54, 1.807) is 36.4 Å². The molecule has 0 aliphatic carbocycles. The van der Waals surface area contributed by atoms with Crippen LogP contribution in [0.15, 0.2) is 53.4 Å². The van der Waals surface area contributed by atoms with Crippen LogP contribution in [0, 0.1) is 13.8 Å². The van der Waals surface area contributed by atoms with Gasteiger partial charge in [-0.05, 0) is 37.6 Å². The molecule has 0 unspecified atom stereocenters. The van der Waals surface area contributed by atoms with Crippen LogP contribution in [0.1, 0.15) is 21.5 Å². The van der Waals surface area contributed by atoms with Crippen molar-refractivity contribution < 1.29 is 13.2 Å². The molecule has 0 aromatic heterocycles. The van der Waals surface area contributed by atoms with E-state index in [2.05, 4.69) is 5.32 Å². The topological polar surface area (TPSA) is 63.2 Å². The minimum absolute atomic E-state index is 0.207. The summed E-state index contributed by atoms with van der Waals surface area (Å²) < 4.78 is 24.3. The van der Waals surface area contributed by atoms with Crippen LogP contribution in [0.5, 0.6) is 0 Å². The van der Waals surface area contributed by atoms with Crippen LogP contribution in [0.4, 0.5) is 0 Å². The molecule has 21 heavy (non-hydrogen) atoms. The summed E-state index contributed by atoms with van der Waals surface area (Å²) in [5.74, 6) is -0.799. The summed E-state index contributed by atoms with van der Waals surface area (Å²) in [5, 5.41) is 2.47. The highest BCUT2D eigenvalue weighted by molar-refractivity contribution is 7.91. The smallest absolute Gasteiger partial charge is 0.252 e. The first kappa shape index (κ1) is 15.3. The summed E-state index contributed by atoms with van der Waals surface area (Å²) in [6, 6.07) is 13.6. The largest absolute Gasteiger partial charge is 0.338 e. The normalized spacial score (nSPS) is 11.1. The predicted octanol–water partition coefficient (Wildman–Crippen LogP) is 2.46. The molecule has 2 aromatic carbocycles. The van der Waals surface area contributed by atoms with Crippen LogP contribution in [-0.2, 0) is 9.84 Å². The molecule has 5 heteroatoms. The molecule has 0 saturated heterocycles. The lowest BCUT2D eigenvalue weighted by Crippen LogP contribution is -2.30. The van der Waals surface area contributed by atoms with E-state index in [1.807, 2.05) is 26.0 Å².